The Bertz CT molecular complexity index is 520. The SMILES string of the molecule is Cc1ccc(SCC(CS)c2ccccc2)c(C)c1. The number of aryl methyl sites for hydroxylation is 2. The number of thioether (sulfide) groups is 1. The molecule has 100 valence electrons. The lowest BCUT2D eigenvalue weighted by Gasteiger charge is -2.15. The van der Waals surface area contributed by atoms with Gasteiger partial charge in [-0.1, -0.05) is 48.0 Å². The van der Waals surface area contributed by atoms with Gasteiger partial charge in [0.05, 0.1) is 0 Å². The molecule has 0 radical (unpaired) electrons. The van der Waals surface area contributed by atoms with Gasteiger partial charge in [-0.25, -0.2) is 0 Å². The summed E-state index contributed by atoms with van der Waals surface area (Å²) < 4.78 is 0. The second kappa shape index (κ2) is 7.06. The molecule has 0 spiro atoms. The molecule has 0 amide bonds. The predicted octanol–water partition coefficient (Wildman–Crippen LogP) is 5.11. The standard InChI is InChI=1S/C17H20S2/c1-13-8-9-17(14(2)10-13)19-12-16(11-18)15-6-4-3-5-7-15/h3-10,16,18H,11-12H2,1-2H3. The third-order valence-corrected chi connectivity index (χ3v) is 5.04. The first-order valence-corrected chi connectivity index (χ1v) is 8.18. The second-order valence-electron chi connectivity index (χ2n) is 4.87. The molecule has 0 saturated carbocycles. The van der Waals surface area contributed by atoms with E-state index in [2.05, 4.69) is 75.0 Å². The summed E-state index contributed by atoms with van der Waals surface area (Å²) in [5.41, 5.74) is 4.08. The minimum atomic E-state index is 0.509. The molecule has 2 rings (SSSR count). The van der Waals surface area contributed by atoms with Crippen molar-refractivity contribution in [1.29, 1.82) is 0 Å². The first-order chi connectivity index (χ1) is 9.20. The zero-order valence-electron chi connectivity index (χ0n) is 11.5. The predicted molar refractivity (Wildman–Crippen MR) is 89.7 cm³/mol. The van der Waals surface area contributed by atoms with E-state index in [1.807, 2.05) is 11.8 Å². The maximum Gasteiger partial charge on any atom is 0.0102 e. The minimum absolute atomic E-state index is 0.509. The highest BCUT2D eigenvalue weighted by Crippen LogP contribution is 2.29. The molecule has 0 aliphatic rings. The highest BCUT2D eigenvalue weighted by atomic mass is 32.2. The van der Waals surface area contributed by atoms with E-state index in [9.17, 15) is 0 Å². The van der Waals surface area contributed by atoms with Crippen LogP contribution in [0.3, 0.4) is 0 Å². The van der Waals surface area contributed by atoms with Gasteiger partial charge in [0, 0.05) is 16.6 Å². The Morgan fingerprint density at radius 2 is 1.79 bits per heavy atom. The van der Waals surface area contributed by atoms with Crippen LogP contribution in [0.25, 0.3) is 0 Å². The zero-order chi connectivity index (χ0) is 13.7. The van der Waals surface area contributed by atoms with Crippen molar-refractivity contribution in [3.63, 3.8) is 0 Å². The van der Waals surface area contributed by atoms with E-state index in [0.29, 0.717) is 5.92 Å². The van der Waals surface area contributed by atoms with Crippen molar-refractivity contribution in [1.82, 2.24) is 0 Å². The first kappa shape index (κ1) is 14.5. The van der Waals surface area contributed by atoms with Crippen LogP contribution in [0.2, 0.25) is 0 Å². The smallest absolute Gasteiger partial charge is 0.0102 e. The number of thiol groups is 1. The molecule has 0 heterocycles. The van der Waals surface area contributed by atoms with Gasteiger partial charge in [0.15, 0.2) is 0 Å². The number of hydrogen-bond donors (Lipinski definition) is 1. The second-order valence-corrected chi connectivity index (χ2v) is 6.30. The fraction of sp³-hybridized carbons (Fsp3) is 0.294. The summed E-state index contributed by atoms with van der Waals surface area (Å²) in [5.74, 6) is 2.48. The number of benzene rings is 2. The third-order valence-electron chi connectivity index (χ3n) is 3.26. The van der Waals surface area contributed by atoms with Gasteiger partial charge < -0.3 is 0 Å². The topological polar surface area (TPSA) is 0 Å². The van der Waals surface area contributed by atoms with Gasteiger partial charge in [-0.3, -0.25) is 0 Å². The Balaban J connectivity index is 2.04. The minimum Gasteiger partial charge on any atom is -0.179 e. The van der Waals surface area contributed by atoms with E-state index in [1.165, 1.54) is 21.6 Å². The maximum atomic E-state index is 4.50. The zero-order valence-corrected chi connectivity index (χ0v) is 13.2. The lowest BCUT2D eigenvalue weighted by molar-refractivity contribution is 0.897. The van der Waals surface area contributed by atoms with Crippen LogP contribution >= 0.6 is 24.4 Å². The van der Waals surface area contributed by atoms with E-state index in [0.717, 1.165) is 11.5 Å². The molecule has 0 aliphatic heterocycles. The lowest BCUT2D eigenvalue weighted by atomic mass is 10.0. The average Bonchev–Trinajstić information content (AvgIpc) is 2.43. The highest BCUT2D eigenvalue weighted by molar-refractivity contribution is 7.99. The molecular formula is C17H20S2. The van der Waals surface area contributed by atoms with Crippen LogP contribution in [-0.2, 0) is 0 Å². The quantitative estimate of drug-likeness (QED) is 0.589. The lowest BCUT2D eigenvalue weighted by Crippen LogP contribution is -2.03. The maximum absolute atomic E-state index is 4.50. The first-order valence-electron chi connectivity index (χ1n) is 6.56. The van der Waals surface area contributed by atoms with Crippen molar-refractivity contribution in [2.75, 3.05) is 11.5 Å². The van der Waals surface area contributed by atoms with Crippen molar-refractivity contribution in [3.8, 4) is 0 Å². The van der Waals surface area contributed by atoms with E-state index in [-0.39, 0.29) is 0 Å². The molecule has 0 fully saturated rings. The van der Waals surface area contributed by atoms with Gasteiger partial charge in [-0.2, -0.15) is 12.6 Å². The number of hydrogen-bond acceptors (Lipinski definition) is 2. The molecule has 0 N–H and O–H groups in total. The van der Waals surface area contributed by atoms with Gasteiger partial charge in [-0.05, 0) is 36.8 Å². The number of rotatable bonds is 5. The van der Waals surface area contributed by atoms with E-state index in [1.54, 1.807) is 0 Å². The summed E-state index contributed by atoms with van der Waals surface area (Å²) in [6.07, 6.45) is 0. The summed E-state index contributed by atoms with van der Waals surface area (Å²) >= 11 is 6.44. The molecule has 2 aromatic carbocycles. The van der Waals surface area contributed by atoms with Crippen molar-refractivity contribution in [2.24, 2.45) is 0 Å². The van der Waals surface area contributed by atoms with Crippen LogP contribution in [-0.4, -0.2) is 11.5 Å². The van der Waals surface area contributed by atoms with Crippen LogP contribution in [0.4, 0.5) is 0 Å². The Kier molecular flexibility index (Phi) is 5.41. The molecule has 19 heavy (non-hydrogen) atoms. The third kappa shape index (κ3) is 4.05. The highest BCUT2D eigenvalue weighted by Gasteiger charge is 2.10. The van der Waals surface area contributed by atoms with Gasteiger partial charge >= 0.3 is 0 Å². The van der Waals surface area contributed by atoms with Crippen molar-refractivity contribution >= 4 is 24.4 Å². The van der Waals surface area contributed by atoms with Crippen molar-refractivity contribution in [2.45, 2.75) is 24.7 Å². The van der Waals surface area contributed by atoms with Crippen molar-refractivity contribution in [3.05, 3.63) is 65.2 Å². The van der Waals surface area contributed by atoms with Crippen LogP contribution in [0.1, 0.15) is 22.6 Å². The van der Waals surface area contributed by atoms with Crippen molar-refractivity contribution < 1.29 is 0 Å². The molecule has 1 atom stereocenters. The molecule has 0 aliphatic carbocycles. The Morgan fingerprint density at radius 3 is 2.42 bits per heavy atom. The normalized spacial score (nSPS) is 12.4. The Hall–Kier alpha value is -0.860. The molecule has 0 bridgehead atoms. The largest absolute Gasteiger partial charge is 0.179 e. The molecule has 0 nitrogen and oxygen atoms in total. The van der Waals surface area contributed by atoms with Crippen LogP contribution in [0.5, 0.6) is 0 Å². The summed E-state index contributed by atoms with van der Waals surface area (Å²) in [5, 5.41) is 0. The molecular weight excluding hydrogens is 268 g/mol. The molecule has 2 aromatic rings. The molecule has 1 unspecified atom stereocenters. The average molecular weight is 288 g/mol. The van der Waals surface area contributed by atoms with Gasteiger partial charge in [-0.15, -0.1) is 11.8 Å². The molecule has 0 aromatic heterocycles. The monoisotopic (exact) mass is 288 g/mol. The van der Waals surface area contributed by atoms with E-state index >= 15 is 0 Å². The summed E-state index contributed by atoms with van der Waals surface area (Å²) in [7, 11) is 0. The van der Waals surface area contributed by atoms with Crippen LogP contribution in [0, 0.1) is 13.8 Å². The van der Waals surface area contributed by atoms with E-state index in [4.69, 9.17) is 0 Å². The molecule has 2 heteroatoms. The molecule has 0 saturated heterocycles. The summed E-state index contributed by atoms with van der Waals surface area (Å²) in [6.45, 7) is 4.33. The van der Waals surface area contributed by atoms with Gasteiger partial charge in [0.25, 0.3) is 0 Å². The van der Waals surface area contributed by atoms with Crippen LogP contribution < -0.4 is 0 Å². The summed E-state index contributed by atoms with van der Waals surface area (Å²) in [4.78, 5) is 1.38. The Labute approximate surface area is 126 Å². The van der Waals surface area contributed by atoms with Gasteiger partial charge in [0.1, 0.15) is 0 Å². The van der Waals surface area contributed by atoms with Crippen LogP contribution in [0.15, 0.2) is 53.4 Å². The summed E-state index contributed by atoms with van der Waals surface area (Å²) in [6, 6.07) is 17.3. The van der Waals surface area contributed by atoms with Gasteiger partial charge in [0.2, 0.25) is 0 Å². The fourth-order valence-corrected chi connectivity index (χ4v) is 3.79. The van der Waals surface area contributed by atoms with E-state index < -0.39 is 0 Å². The Morgan fingerprint density at radius 1 is 1.05 bits per heavy atom. The fourth-order valence-electron chi connectivity index (χ4n) is 2.13.